The Kier molecular flexibility index (Phi) is 9.87. The Morgan fingerprint density at radius 1 is 1.36 bits per heavy atom. The third-order valence-corrected chi connectivity index (χ3v) is 6.04. The van der Waals surface area contributed by atoms with Crippen molar-refractivity contribution in [3.8, 4) is 0 Å². The van der Waals surface area contributed by atoms with Crippen molar-refractivity contribution in [3.63, 3.8) is 0 Å². The van der Waals surface area contributed by atoms with Crippen LogP contribution in [0.4, 0.5) is 0 Å². The van der Waals surface area contributed by atoms with Crippen LogP contribution in [0.5, 0.6) is 0 Å². The van der Waals surface area contributed by atoms with Crippen LogP contribution in [0.3, 0.4) is 0 Å². The Bertz CT molecular complexity index is 513. The van der Waals surface area contributed by atoms with Gasteiger partial charge in [-0.1, -0.05) is 15.9 Å². The standard InChI is InChI=1S/C13H23BrClN2O7P/c1-8(18)21-7-11-13(22-9(2)19)10(14)6-12(23-11)24-25(20,16-3)17-5-4-15/h10-13H,4-7H2,1-3H3,(H2,16,17,20). The van der Waals surface area contributed by atoms with Crippen LogP contribution in [0.1, 0.15) is 20.3 Å². The fraction of sp³-hybridized carbons (Fsp3) is 0.846. The number of alkyl halides is 2. The molecule has 1 aliphatic heterocycles. The topological polar surface area (TPSA) is 112 Å². The van der Waals surface area contributed by atoms with E-state index in [4.69, 9.17) is 30.3 Å². The first kappa shape index (κ1) is 22.8. The summed E-state index contributed by atoms with van der Waals surface area (Å²) in [6.45, 7) is 2.68. The van der Waals surface area contributed by atoms with Gasteiger partial charge in [-0.25, -0.2) is 10.2 Å². The zero-order valence-electron chi connectivity index (χ0n) is 14.2. The Morgan fingerprint density at radius 2 is 2.04 bits per heavy atom. The quantitative estimate of drug-likeness (QED) is 0.297. The summed E-state index contributed by atoms with van der Waals surface area (Å²) in [6, 6.07) is 0. The fourth-order valence-corrected chi connectivity index (χ4v) is 4.34. The van der Waals surface area contributed by atoms with Crippen LogP contribution in [0.25, 0.3) is 0 Å². The van der Waals surface area contributed by atoms with Gasteiger partial charge < -0.3 is 14.2 Å². The smallest absolute Gasteiger partial charge is 0.342 e. The maximum absolute atomic E-state index is 12.6. The minimum Gasteiger partial charge on any atom is -0.463 e. The minimum absolute atomic E-state index is 0.131. The molecule has 1 heterocycles. The summed E-state index contributed by atoms with van der Waals surface area (Å²) in [5.41, 5.74) is 0. The molecule has 0 bridgehead atoms. The van der Waals surface area contributed by atoms with Gasteiger partial charge in [0.05, 0.1) is 4.83 Å². The van der Waals surface area contributed by atoms with Crippen LogP contribution in [0, 0.1) is 0 Å². The molecule has 12 heteroatoms. The maximum atomic E-state index is 12.6. The lowest BCUT2D eigenvalue weighted by Crippen LogP contribution is -2.51. The first-order chi connectivity index (χ1) is 11.7. The van der Waals surface area contributed by atoms with Gasteiger partial charge in [-0.2, -0.15) is 0 Å². The summed E-state index contributed by atoms with van der Waals surface area (Å²) in [5.74, 6) is -0.732. The van der Waals surface area contributed by atoms with Gasteiger partial charge in [0.25, 0.3) is 0 Å². The van der Waals surface area contributed by atoms with Crippen molar-refractivity contribution >= 4 is 47.1 Å². The predicted molar refractivity (Wildman–Crippen MR) is 94.7 cm³/mol. The van der Waals surface area contributed by atoms with Crippen LogP contribution >= 0.6 is 35.2 Å². The van der Waals surface area contributed by atoms with Gasteiger partial charge in [-0.15, -0.1) is 11.6 Å². The molecule has 1 fully saturated rings. The molecule has 1 aliphatic rings. The van der Waals surface area contributed by atoms with E-state index < -0.39 is 38.1 Å². The number of esters is 2. The van der Waals surface area contributed by atoms with Crippen LogP contribution < -0.4 is 10.2 Å². The number of rotatable bonds is 9. The monoisotopic (exact) mass is 464 g/mol. The highest BCUT2D eigenvalue weighted by molar-refractivity contribution is 9.09. The van der Waals surface area contributed by atoms with Crippen LogP contribution in [0.2, 0.25) is 0 Å². The summed E-state index contributed by atoms with van der Waals surface area (Å²) in [6.07, 6.45) is -2.06. The van der Waals surface area contributed by atoms with Crippen LogP contribution in [-0.2, 0) is 32.9 Å². The molecule has 146 valence electrons. The second-order valence-electron chi connectivity index (χ2n) is 5.21. The van der Waals surface area contributed by atoms with Gasteiger partial charge in [0.1, 0.15) is 18.8 Å². The van der Waals surface area contributed by atoms with E-state index in [1.165, 1.54) is 20.9 Å². The SMILES string of the molecule is CNP(=O)(NCCCl)OC1CC(Br)C(OC(C)=O)C(COC(C)=O)O1. The second kappa shape index (κ2) is 10.8. The van der Waals surface area contributed by atoms with Crippen LogP contribution in [-0.4, -0.2) is 61.3 Å². The minimum atomic E-state index is -3.37. The molecule has 1 rings (SSSR count). The molecule has 0 radical (unpaired) electrons. The first-order valence-electron chi connectivity index (χ1n) is 7.59. The number of hydrogen-bond acceptors (Lipinski definition) is 7. The predicted octanol–water partition coefficient (Wildman–Crippen LogP) is 1.53. The zero-order valence-corrected chi connectivity index (χ0v) is 17.4. The molecule has 5 unspecified atom stereocenters. The van der Waals surface area contributed by atoms with E-state index in [1.807, 2.05) is 0 Å². The van der Waals surface area contributed by atoms with E-state index in [0.717, 1.165) is 0 Å². The van der Waals surface area contributed by atoms with Crippen molar-refractivity contribution in [3.05, 3.63) is 0 Å². The molecule has 9 nitrogen and oxygen atoms in total. The van der Waals surface area contributed by atoms with E-state index in [0.29, 0.717) is 0 Å². The highest BCUT2D eigenvalue weighted by Crippen LogP contribution is 2.42. The van der Waals surface area contributed by atoms with Crippen molar-refractivity contribution in [1.82, 2.24) is 10.2 Å². The molecular formula is C13H23BrClN2O7P. The molecule has 0 aromatic heterocycles. The molecule has 2 N–H and O–H groups in total. The highest BCUT2D eigenvalue weighted by Gasteiger charge is 2.43. The number of nitrogens with one attached hydrogen (secondary N) is 2. The van der Waals surface area contributed by atoms with E-state index in [-0.39, 0.29) is 30.3 Å². The number of hydrogen-bond donors (Lipinski definition) is 2. The lowest BCUT2D eigenvalue weighted by Gasteiger charge is -2.39. The summed E-state index contributed by atoms with van der Waals surface area (Å²) >= 11 is 9.01. The second-order valence-corrected chi connectivity index (χ2v) is 8.84. The Hall–Kier alpha value is -0.220. The Balaban J connectivity index is 2.82. The largest absolute Gasteiger partial charge is 0.463 e. The van der Waals surface area contributed by atoms with Gasteiger partial charge in [0, 0.05) is 32.7 Å². The average Bonchev–Trinajstić information content (AvgIpc) is 2.53. The van der Waals surface area contributed by atoms with E-state index in [2.05, 4.69) is 26.1 Å². The molecule has 1 saturated heterocycles. The van der Waals surface area contributed by atoms with Crippen molar-refractivity contribution in [2.75, 3.05) is 26.1 Å². The maximum Gasteiger partial charge on any atom is 0.342 e. The van der Waals surface area contributed by atoms with Gasteiger partial charge >= 0.3 is 19.6 Å². The number of halogens is 2. The highest BCUT2D eigenvalue weighted by atomic mass is 79.9. The molecule has 0 aliphatic carbocycles. The summed E-state index contributed by atoms with van der Waals surface area (Å²) in [4.78, 5) is 22.0. The average molecular weight is 466 g/mol. The zero-order chi connectivity index (χ0) is 19.0. The van der Waals surface area contributed by atoms with Crippen molar-refractivity contribution in [1.29, 1.82) is 0 Å². The lowest BCUT2D eigenvalue weighted by atomic mass is 10.0. The molecule has 0 spiro atoms. The molecule has 25 heavy (non-hydrogen) atoms. The molecule has 0 saturated carbocycles. The third-order valence-electron chi connectivity index (χ3n) is 3.19. The summed E-state index contributed by atoms with van der Waals surface area (Å²) in [5, 5.41) is 5.27. The third kappa shape index (κ3) is 7.90. The first-order valence-corrected chi connectivity index (χ1v) is 10.7. The Morgan fingerprint density at radius 3 is 2.56 bits per heavy atom. The van der Waals surface area contributed by atoms with Gasteiger partial charge in [0.2, 0.25) is 0 Å². The Labute approximate surface area is 160 Å². The molecule has 0 aromatic carbocycles. The molecule has 0 amide bonds. The number of ether oxygens (including phenoxy) is 3. The van der Waals surface area contributed by atoms with E-state index in [1.54, 1.807) is 0 Å². The summed E-state index contributed by atoms with van der Waals surface area (Å²) in [7, 11) is -1.89. The van der Waals surface area contributed by atoms with Crippen LogP contribution in [0.15, 0.2) is 0 Å². The number of carbonyl (C=O) groups excluding carboxylic acids is 2. The normalized spacial score (nSPS) is 28.8. The lowest BCUT2D eigenvalue weighted by molar-refractivity contribution is -0.210. The summed E-state index contributed by atoms with van der Waals surface area (Å²) < 4.78 is 34.0. The van der Waals surface area contributed by atoms with Crippen molar-refractivity contribution < 1.29 is 32.9 Å². The molecular weight excluding hydrogens is 442 g/mol. The van der Waals surface area contributed by atoms with Gasteiger partial charge in [-0.05, 0) is 7.05 Å². The number of carbonyl (C=O) groups is 2. The molecule has 0 aromatic rings. The molecule has 5 atom stereocenters. The van der Waals surface area contributed by atoms with E-state index in [9.17, 15) is 14.2 Å². The van der Waals surface area contributed by atoms with Gasteiger partial charge in [-0.3, -0.25) is 18.7 Å². The fourth-order valence-electron chi connectivity index (χ4n) is 2.15. The van der Waals surface area contributed by atoms with Gasteiger partial charge in [0.15, 0.2) is 6.29 Å². The van der Waals surface area contributed by atoms with Crippen molar-refractivity contribution in [2.45, 2.75) is 43.6 Å². The van der Waals surface area contributed by atoms with E-state index >= 15 is 0 Å². The van der Waals surface area contributed by atoms with Crippen molar-refractivity contribution in [2.24, 2.45) is 0 Å².